The molecule has 11 nitrogen and oxygen atoms in total. The Hall–Kier alpha value is -1.43. The van der Waals surface area contributed by atoms with Gasteiger partial charge in [-0.3, -0.25) is 18.6 Å². The number of carbonyl (C=O) groups is 2. The third kappa shape index (κ3) is 16.1. The van der Waals surface area contributed by atoms with Crippen LogP contribution in [0.25, 0.3) is 0 Å². The van der Waals surface area contributed by atoms with Gasteiger partial charge in [0.05, 0.1) is 46.6 Å². The number of ketones is 1. The van der Waals surface area contributed by atoms with Crippen LogP contribution in [-0.4, -0.2) is 102 Å². The molecular formula is C28H51NO10P+. The summed E-state index contributed by atoms with van der Waals surface area (Å²) in [4.78, 5) is 34.2. The second kappa shape index (κ2) is 18.9. The molecule has 0 saturated heterocycles. The van der Waals surface area contributed by atoms with E-state index in [2.05, 4.69) is 6.92 Å². The standard InChI is InChI=1S/C28H50NO10P/c1-5-6-9-12-22(31)15-16-25-24(26(32)19-27(25)33)13-10-7-8-11-14-28(34)39-23(20-30)21-38-40(35,36)37-18-17-29(2,3)4/h7,10,15-16,22-25,27,30-31,33H,5-6,8-9,11-14,17-21H2,1-4H3/p+1/b10-7-,16-15+/t22-,23+,24+,25+,27+/m0/s1. The van der Waals surface area contributed by atoms with Crippen LogP contribution in [0.1, 0.15) is 64.7 Å². The van der Waals surface area contributed by atoms with Gasteiger partial charge >= 0.3 is 13.8 Å². The number of aliphatic hydroxyl groups excluding tert-OH is 3. The zero-order chi connectivity index (χ0) is 30.2. The largest absolute Gasteiger partial charge is 0.472 e. The van der Waals surface area contributed by atoms with Crippen LogP contribution < -0.4 is 0 Å². The van der Waals surface area contributed by atoms with Gasteiger partial charge in [0.2, 0.25) is 0 Å². The third-order valence-corrected chi connectivity index (χ3v) is 7.63. The molecule has 4 N–H and O–H groups in total. The van der Waals surface area contributed by atoms with Crippen LogP contribution in [0.15, 0.2) is 24.3 Å². The van der Waals surface area contributed by atoms with Gasteiger partial charge in [-0.25, -0.2) is 4.57 Å². The fourth-order valence-corrected chi connectivity index (χ4v) is 4.96. The molecule has 0 radical (unpaired) electrons. The number of phosphoric acid groups is 1. The van der Waals surface area contributed by atoms with E-state index in [0.717, 1.165) is 19.3 Å². The first-order valence-electron chi connectivity index (χ1n) is 14.2. The van der Waals surface area contributed by atoms with Crippen LogP contribution in [0.5, 0.6) is 0 Å². The average molecular weight is 593 g/mol. The maximum atomic E-state index is 12.4. The minimum absolute atomic E-state index is 0.000639. The summed E-state index contributed by atoms with van der Waals surface area (Å²) < 4.78 is 27.4. The van der Waals surface area contributed by atoms with Crippen LogP contribution in [0.3, 0.4) is 0 Å². The molecule has 0 amide bonds. The van der Waals surface area contributed by atoms with Gasteiger partial charge in [-0.1, -0.05) is 50.5 Å². The highest BCUT2D eigenvalue weighted by atomic mass is 31.2. The first-order chi connectivity index (χ1) is 18.8. The molecule has 6 atom stereocenters. The van der Waals surface area contributed by atoms with Gasteiger partial charge in [-0.2, -0.15) is 0 Å². The number of hydrogen-bond acceptors (Lipinski definition) is 9. The topological polar surface area (TPSA) is 160 Å². The Balaban J connectivity index is 2.38. The summed E-state index contributed by atoms with van der Waals surface area (Å²) in [7, 11) is 1.38. The Labute approximate surface area is 239 Å². The number of unbranched alkanes of at least 4 members (excludes halogenated alkanes) is 3. The van der Waals surface area contributed by atoms with Crippen molar-refractivity contribution in [3.8, 4) is 0 Å². The zero-order valence-corrected chi connectivity index (χ0v) is 25.4. The van der Waals surface area contributed by atoms with E-state index in [0.29, 0.717) is 36.7 Å². The Morgan fingerprint density at radius 3 is 2.55 bits per heavy atom. The number of phosphoric ester groups is 1. The first kappa shape index (κ1) is 36.6. The maximum absolute atomic E-state index is 12.4. The van der Waals surface area contributed by atoms with Crippen LogP contribution in [-0.2, 0) is 27.9 Å². The van der Waals surface area contributed by atoms with Crippen LogP contribution in [0.4, 0.5) is 0 Å². The molecule has 0 aliphatic heterocycles. The van der Waals surface area contributed by atoms with E-state index >= 15 is 0 Å². The summed E-state index contributed by atoms with van der Waals surface area (Å²) in [5, 5.41) is 29.9. The van der Waals surface area contributed by atoms with E-state index in [1.54, 1.807) is 12.2 Å². The van der Waals surface area contributed by atoms with E-state index in [9.17, 15) is 34.4 Å². The highest BCUT2D eigenvalue weighted by molar-refractivity contribution is 7.47. The summed E-state index contributed by atoms with van der Waals surface area (Å²) in [6.07, 6.45) is 10.1. The molecule has 1 saturated carbocycles. The van der Waals surface area contributed by atoms with Gasteiger partial charge in [-0.05, 0) is 25.7 Å². The number of esters is 1. The normalized spacial score (nSPS) is 23.1. The number of aliphatic hydroxyl groups is 3. The van der Waals surface area contributed by atoms with Crippen LogP contribution in [0.2, 0.25) is 0 Å². The molecule has 0 aromatic heterocycles. The van der Waals surface area contributed by atoms with Crippen molar-refractivity contribution in [3.05, 3.63) is 24.3 Å². The molecule has 1 aliphatic rings. The van der Waals surface area contributed by atoms with Crippen molar-refractivity contribution in [2.75, 3.05) is 47.5 Å². The molecule has 0 heterocycles. The van der Waals surface area contributed by atoms with Crippen LogP contribution >= 0.6 is 7.82 Å². The number of quaternary nitrogens is 1. The molecule has 1 rings (SSSR count). The fraction of sp³-hybridized carbons (Fsp3) is 0.786. The molecule has 0 aromatic rings. The molecular weight excluding hydrogens is 541 g/mol. The van der Waals surface area contributed by atoms with Crippen LogP contribution in [0, 0.1) is 11.8 Å². The third-order valence-electron chi connectivity index (χ3n) is 6.64. The minimum Gasteiger partial charge on any atom is -0.457 e. The molecule has 1 fully saturated rings. The highest BCUT2D eigenvalue weighted by Crippen LogP contribution is 2.43. The van der Waals surface area contributed by atoms with E-state index in [-0.39, 0.29) is 37.1 Å². The number of carbonyl (C=O) groups excluding carboxylic acids is 2. The van der Waals surface area contributed by atoms with Crippen molar-refractivity contribution < 1.29 is 52.6 Å². The summed E-state index contributed by atoms with van der Waals surface area (Å²) in [5.41, 5.74) is 0. The lowest BCUT2D eigenvalue weighted by Gasteiger charge is -2.24. The molecule has 0 spiro atoms. The highest BCUT2D eigenvalue weighted by Gasteiger charge is 2.39. The van der Waals surface area contributed by atoms with Crippen molar-refractivity contribution in [3.63, 3.8) is 0 Å². The van der Waals surface area contributed by atoms with Gasteiger partial charge in [0.1, 0.15) is 25.0 Å². The van der Waals surface area contributed by atoms with E-state index in [1.165, 1.54) is 0 Å². The Bertz CT molecular complexity index is 857. The van der Waals surface area contributed by atoms with Crippen molar-refractivity contribution in [1.82, 2.24) is 0 Å². The van der Waals surface area contributed by atoms with Gasteiger partial charge in [-0.15, -0.1) is 0 Å². The number of allylic oxidation sites excluding steroid dienone is 2. The lowest BCUT2D eigenvalue weighted by Crippen LogP contribution is -2.37. The minimum atomic E-state index is -4.34. The lowest BCUT2D eigenvalue weighted by atomic mass is 9.90. The predicted octanol–water partition coefficient (Wildman–Crippen LogP) is 2.91. The Kier molecular flexibility index (Phi) is 17.3. The molecule has 40 heavy (non-hydrogen) atoms. The second-order valence-electron chi connectivity index (χ2n) is 11.4. The number of hydrogen-bond donors (Lipinski definition) is 4. The molecule has 0 aromatic carbocycles. The number of rotatable bonds is 21. The summed E-state index contributed by atoms with van der Waals surface area (Å²) in [6.45, 7) is 1.54. The van der Waals surface area contributed by atoms with Gasteiger partial charge in [0.15, 0.2) is 0 Å². The zero-order valence-electron chi connectivity index (χ0n) is 24.5. The number of Topliss-reactive ketones (excluding diaryl/α,β-unsaturated/α-hetero) is 1. The number of likely N-dealkylation sites (N-methyl/N-ethyl adjacent to an activating group) is 1. The number of ether oxygens (including phenoxy) is 1. The summed E-state index contributed by atoms with van der Waals surface area (Å²) in [5.74, 6) is -1.26. The molecule has 232 valence electrons. The summed E-state index contributed by atoms with van der Waals surface area (Å²) >= 11 is 0. The molecule has 1 aliphatic carbocycles. The molecule has 0 bridgehead atoms. The van der Waals surface area contributed by atoms with Crippen molar-refractivity contribution in [2.45, 2.75) is 83.0 Å². The Morgan fingerprint density at radius 1 is 1.18 bits per heavy atom. The molecule has 12 heteroatoms. The van der Waals surface area contributed by atoms with Crippen molar-refractivity contribution >= 4 is 19.6 Å². The predicted molar refractivity (Wildman–Crippen MR) is 151 cm³/mol. The van der Waals surface area contributed by atoms with Crippen molar-refractivity contribution in [1.29, 1.82) is 0 Å². The molecule has 1 unspecified atom stereocenters. The second-order valence-corrected chi connectivity index (χ2v) is 12.8. The van der Waals surface area contributed by atoms with E-state index < -0.39 is 45.3 Å². The lowest BCUT2D eigenvalue weighted by molar-refractivity contribution is -0.870. The first-order valence-corrected chi connectivity index (χ1v) is 15.7. The van der Waals surface area contributed by atoms with Crippen molar-refractivity contribution in [2.24, 2.45) is 11.8 Å². The monoisotopic (exact) mass is 592 g/mol. The number of nitrogens with zero attached hydrogens (tertiary/aromatic N) is 1. The smallest absolute Gasteiger partial charge is 0.457 e. The quantitative estimate of drug-likeness (QED) is 0.0513. The maximum Gasteiger partial charge on any atom is 0.472 e. The van der Waals surface area contributed by atoms with E-state index in [1.807, 2.05) is 33.3 Å². The SMILES string of the molecule is CCCCC[C@H](O)/C=C/[C@H]1[C@H](O)CC(=O)[C@@H]1C/C=C\CCCC(=O)O[C@H](CO)COP(=O)(O)OCC[N+](C)(C)C. The average Bonchev–Trinajstić information content (AvgIpc) is 3.13. The Morgan fingerprint density at radius 2 is 1.90 bits per heavy atom. The van der Waals surface area contributed by atoms with E-state index in [4.69, 9.17) is 13.8 Å². The summed E-state index contributed by atoms with van der Waals surface area (Å²) in [6, 6.07) is 0. The van der Waals surface area contributed by atoms with Gasteiger partial charge in [0.25, 0.3) is 0 Å². The fourth-order valence-electron chi connectivity index (χ4n) is 4.22. The van der Waals surface area contributed by atoms with Gasteiger partial charge in [0, 0.05) is 24.7 Å². The van der Waals surface area contributed by atoms with Gasteiger partial charge < -0.3 is 29.4 Å².